The number of aliphatic imine (C=N–C) groups is 2. The first-order chi connectivity index (χ1) is 32.9. The predicted molar refractivity (Wildman–Crippen MR) is 279 cm³/mol. The van der Waals surface area contributed by atoms with Crippen molar-refractivity contribution >= 4 is 35.1 Å². The maximum atomic E-state index is 11.6. The molecule has 0 saturated carbocycles. The van der Waals surface area contributed by atoms with Crippen molar-refractivity contribution in [2.75, 3.05) is 0 Å². The molecule has 68 heavy (non-hydrogen) atoms. The number of carbonyl (C=O) groups excluding carboxylic acids is 2. The van der Waals surface area contributed by atoms with Gasteiger partial charge in [0, 0.05) is 56.0 Å². The summed E-state index contributed by atoms with van der Waals surface area (Å²) < 4.78 is 0. The van der Waals surface area contributed by atoms with Crippen molar-refractivity contribution in [1.82, 2.24) is 19.9 Å². The summed E-state index contributed by atoms with van der Waals surface area (Å²) in [5, 5.41) is 0. The van der Waals surface area contributed by atoms with E-state index in [1.807, 2.05) is 24.3 Å². The van der Waals surface area contributed by atoms with Gasteiger partial charge in [0.05, 0.1) is 39.9 Å². The van der Waals surface area contributed by atoms with Crippen molar-refractivity contribution in [3.8, 4) is 11.3 Å². The molecule has 0 amide bonds. The molecule has 0 bridgehead atoms. The zero-order chi connectivity index (χ0) is 47.7. The molecule has 0 unspecified atom stereocenters. The molecular weight excluding hydrogens is 837 g/mol. The van der Waals surface area contributed by atoms with Crippen LogP contribution in [0.25, 0.3) is 22.4 Å². The highest BCUT2D eigenvalue weighted by molar-refractivity contribution is 6.17. The summed E-state index contributed by atoms with van der Waals surface area (Å²) in [4.78, 5) is 48.6. The molecule has 4 N–H and O–H groups in total. The number of allylic oxidation sites excluding steroid dienone is 4. The van der Waals surface area contributed by atoms with E-state index in [2.05, 4.69) is 185 Å². The lowest BCUT2D eigenvalue weighted by Gasteiger charge is -2.22. The smallest absolute Gasteiger partial charge is 0.166 e. The van der Waals surface area contributed by atoms with Gasteiger partial charge in [-0.2, -0.15) is 0 Å². The summed E-state index contributed by atoms with van der Waals surface area (Å²) in [7, 11) is 0. The van der Waals surface area contributed by atoms with Crippen molar-refractivity contribution < 1.29 is 9.59 Å². The number of carbonyl (C=O) groups is 2. The zero-order valence-electron chi connectivity index (χ0n) is 40.4. The van der Waals surface area contributed by atoms with E-state index < -0.39 is 10.8 Å². The molecule has 3 aromatic carbocycles. The second-order valence-electron chi connectivity index (χ2n) is 18.7. The largest absolute Gasteiger partial charge is 0.358 e. The molecule has 4 aromatic heterocycles. The third-order valence-electron chi connectivity index (χ3n) is 14.0. The molecule has 0 radical (unpaired) electrons. The van der Waals surface area contributed by atoms with Crippen molar-refractivity contribution in [1.29, 1.82) is 0 Å². The Morgan fingerprint density at radius 3 is 1.69 bits per heavy atom. The molecule has 8 nitrogen and oxygen atoms in total. The summed E-state index contributed by atoms with van der Waals surface area (Å²) in [6, 6.07) is 42.0. The quantitative estimate of drug-likeness (QED) is 0.0722. The lowest BCUT2D eigenvalue weighted by Crippen LogP contribution is -2.27. The van der Waals surface area contributed by atoms with Crippen LogP contribution in [-0.2, 0) is 23.7 Å². The molecule has 2 aliphatic heterocycles. The second-order valence-corrected chi connectivity index (χ2v) is 18.7. The minimum absolute atomic E-state index is 0.410. The maximum absolute atomic E-state index is 11.6. The Balaban J connectivity index is 1.17. The lowest BCUT2D eigenvalue weighted by atomic mass is 9.84. The monoisotopic (exact) mass is 896 g/mol. The van der Waals surface area contributed by atoms with Crippen LogP contribution >= 0.6 is 0 Å². The second kappa shape index (κ2) is 18.6. The number of nitrogens with one attached hydrogen (secondary N) is 4. The Morgan fingerprint density at radius 2 is 1.10 bits per heavy atom. The Labute approximate surface area is 399 Å². The third-order valence-corrected chi connectivity index (χ3v) is 14.0. The minimum Gasteiger partial charge on any atom is -0.358 e. The molecule has 9 rings (SSSR count). The van der Waals surface area contributed by atoms with Gasteiger partial charge >= 0.3 is 0 Å². The highest BCUT2D eigenvalue weighted by Crippen LogP contribution is 2.43. The third kappa shape index (κ3) is 8.08. The first kappa shape index (κ1) is 45.6. The van der Waals surface area contributed by atoms with Gasteiger partial charge in [-0.1, -0.05) is 107 Å². The fourth-order valence-corrected chi connectivity index (χ4v) is 10.2. The minimum atomic E-state index is -0.457. The van der Waals surface area contributed by atoms with E-state index in [1.165, 1.54) is 22.3 Å². The molecule has 0 spiro atoms. The topological polar surface area (TPSA) is 122 Å². The fraction of sp³-hybridized carbons (Fsp3) is 0.233. The summed E-state index contributed by atoms with van der Waals surface area (Å²) in [6.45, 7) is 17.6. The molecular formula is C60H60N6O2. The molecule has 0 aliphatic carbocycles. The van der Waals surface area contributed by atoms with Crippen LogP contribution in [0.15, 0.2) is 166 Å². The predicted octanol–water partition coefficient (Wildman–Crippen LogP) is 13.9. The van der Waals surface area contributed by atoms with E-state index in [0.29, 0.717) is 11.4 Å². The molecule has 8 heteroatoms. The van der Waals surface area contributed by atoms with Gasteiger partial charge < -0.3 is 19.9 Å². The Morgan fingerprint density at radius 1 is 0.529 bits per heavy atom. The van der Waals surface area contributed by atoms with Crippen LogP contribution in [0, 0.1) is 0 Å². The van der Waals surface area contributed by atoms with E-state index in [9.17, 15) is 9.59 Å². The van der Waals surface area contributed by atoms with E-state index in [0.717, 1.165) is 129 Å². The number of aromatic amines is 4. The number of nitrogens with zero attached hydrogens (tertiary/aromatic N) is 2. The Hall–Kier alpha value is -7.58. The van der Waals surface area contributed by atoms with Gasteiger partial charge in [-0.05, 0) is 147 Å². The summed E-state index contributed by atoms with van der Waals surface area (Å²) in [5.74, 6) is 0. The van der Waals surface area contributed by atoms with Gasteiger partial charge in [0.1, 0.15) is 0 Å². The number of aldehydes is 2. The van der Waals surface area contributed by atoms with Crippen LogP contribution in [0.3, 0.4) is 0 Å². The van der Waals surface area contributed by atoms with E-state index in [1.54, 1.807) is 0 Å². The van der Waals surface area contributed by atoms with Gasteiger partial charge in [-0.25, -0.2) is 4.99 Å². The summed E-state index contributed by atoms with van der Waals surface area (Å²) >= 11 is 0. The van der Waals surface area contributed by atoms with Gasteiger partial charge in [-0.3, -0.25) is 14.6 Å². The highest BCUT2D eigenvalue weighted by Gasteiger charge is 2.33. The van der Waals surface area contributed by atoms with Crippen molar-refractivity contribution in [3.05, 3.63) is 224 Å². The normalized spacial score (nSPS) is 15.5. The first-order valence-corrected chi connectivity index (χ1v) is 24.0. The Bertz CT molecular complexity index is 3240. The van der Waals surface area contributed by atoms with Crippen LogP contribution in [0.4, 0.5) is 0 Å². The zero-order valence-corrected chi connectivity index (χ0v) is 40.4. The molecule has 0 atom stereocenters. The number of hydrogen-bond acceptors (Lipinski definition) is 4. The molecule has 0 saturated heterocycles. The van der Waals surface area contributed by atoms with Crippen LogP contribution < -0.4 is 0 Å². The van der Waals surface area contributed by atoms with Gasteiger partial charge in [0.15, 0.2) is 12.6 Å². The van der Waals surface area contributed by atoms with Crippen molar-refractivity contribution in [2.24, 2.45) is 9.98 Å². The van der Waals surface area contributed by atoms with E-state index in [-0.39, 0.29) is 0 Å². The van der Waals surface area contributed by atoms with Crippen LogP contribution in [-0.4, -0.2) is 43.9 Å². The van der Waals surface area contributed by atoms with Gasteiger partial charge in [-0.15, -0.1) is 0 Å². The number of H-pyrrole nitrogens is 4. The molecule has 6 heterocycles. The molecule has 7 aromatic rings. The number of aromatic nitrogens is 4. The average Bonchev–Trinajstić information content (AvgIpc) is 4.24. The van der Waals surface area contributed by atoms with E-state index >= 15 is 0 Å². The molecule has 0 fully saturated rings. The van der Waals surface area contributed by atoms with Crippen LogP contribution in [0.5, 0.6) is 0 Å². The summed E-state index contributed by atoms with van der Waals surface area (Å²) in [6.07, 6.45) is 9.31. The number of benzene rings is 3. The SMILES string of the molecule is CCC1=C(CC)/C(=C(\c2ccccc2)c2ccc(C(C)(C)c3ccc(C=O)[nH]3)[nH]2)N=C1c1cccc(-c2[nH]c(/C(=C3\C=CC(C(C)(C)c4ccc(C=O)[nH]4)=N3)c3ccccc3)c(CC)c2CC)c1. The highest BCUT2D eigenvalue weighted by atomic mass is 16.1. The van der Waals surface area contributed by atoms with E-state index in [4.69, 9.17) is 9.98 Å². The van der Waals surface area contributed by atoms with Gasteiger partial charge in [0.25, 0.3) is 0 Å². The number of rotatable bonds is 16. The Kier molecular flexibility index (Phi) is 12.5. The van der Waals surface area contributed by atoms with Gasteiger partial charge in [0.2, 0.25) is 0 Å². The summed E-state index contributed by atoms with van der Waals surface area (Å²) in [5.41, 5.74) is 21.7. The average molecular weight is 897 g/mol. The van der Waals surface area contributed by atoms with Crippen LogP contribution in [0.2, 0.25) is 0 Å². The van der Waals surface area contributed by atoms with Crippen molar-refractivity contribution in [2.45, 2.75) is 91.9 Å². The molecule has 342 valence electrons. The number of hydrogen-bond donors (Lipinski definition) is 4. The standard InChI is InChI=1S/C60H60N6O2/c1-9-43-45(11-3)57(53(37-20-15-13-16-21-37)47-28-32-51(63-47)59(5,6)49-30-26-41(35-67)61-49)65-55(43)39-24-19-25-40(34-39)56-44(10-2)46(12-4)58(66-56)54(38-22-17-14-18-23-38)48-29-33-52(64-48)60(7,8)50-31-27-42(36-68)62-50/h13-36,61-63,66H,9-12H2,1-8H3/b54-48+,57-53-. The van der Waals surface area contributed by atoms with Crippen LogP contribution in [0.1, 0.15) is 145 Å². The first-order valence-electron chi connectivity index (χ1n) is 24.0. The van der Waals surface area contributed by atoms with Crippen molar-refractivity contribution in [3.63, 3.8) is 0 Å². The molecule has 2 aliphatic rings. The lowest BCUT2D eigenvalue weighted by molar-refractivity contribution is 0.111. The fourth-order valence-electron chi connectivity index (χ4n) is 10.2. The maximum Gasteiger partial charge on any atom is 0.166 e.